The SMILES string of the molecule is CCOCCn1c(=NC(=O)c2ccc(SC(C)C)cc2)sc2cc(F)cc(F)c21. The fourth-order valence-corrected chi connectivity index (χ4v) is 4.75. The van der Waals surface area contributed by atoms with Crippen LogP contribution in [0.1, 0.15) is 31.1 Å². The molecule has 3 rings (SSSR count). The molecule has 0 fully saturated rings. The van der Waals surface area contributed by atoms with E-state index >= 15 is 0 Å². The van der Waals surface area contributed by atoms with E-state index in [1.54, 1.807) is 28.5 Å². The lowest BCUT2D eigenvalue weighted by Crippen LogP contribution is -2.20. The van der Waals surface area contributed by atoms with Crippen LogP contribution in [0, 0.1) is 11.6 Å². The molecular formula is C21H22F2N2O2S2. The molecule has 29 heavy (non-hydrogen) atoms. The van der Waals surface area contributed by atoms with Gasteiger partial charge in [0, 0.05) is 34.9 Å². The molecular weight excluding hydrogens is 414 g/mol. The molecule has 0 saturated carbocycles. The molecule has 154 valence electrons. The normalized spacial score (nSPS) is 12.3. The van der Waals surface area contributed by atoms with Gasteiger partial charge < -0.3 is 9.30 Å². The minimum absolute atomic E-state index is 0.228. The van der Waals surface area contributed by atoms with Gasteiger partial charge in [-0.05, 0) is 37.3 Å². The van der Waals surface area contributed by atoms with Crippen LogP contribution < -0.4 is 4.80 Å². The Morgan fingerprint density at radius 3 is 2.62 bits per heavy atom. The van der Waals surface area contributed by atoms with E-state index in [4.69, 9.17) is 4.74 Å². The smallest absolute Gasteiger partial charge is 0.279 e. The van der Waals surface area contributed by atoms with Crippen molar-refractivity contribution in [1.29, 1.82) is 0 Å². The van der Waals surface area contributed by atoms with Crippen LogP contribution >= 0.6 is 23.1 Å². The second kappa shape index (κ2) is 9.65. The standard InChI is InChI=1S/C21H22F2N2O2S2/c1-4-27-10-9-25-19-17(23)11-15(22)12-18(19)29-21(25)24-20(26)14-5-7-16(8-6-14)28-13(2)3/h5-8,11-13H,4,9-10H2,1-3H3. The number of carbonyl (C=O) groups excluding carboxylic acids is 1. The maximum Gasteiger partial charge on any atom is 0.279 e. The lowest BCUT2D eigenvalue weighted by molar-refractivity contribution is 0.0996. The highest BCUT2D eigenvalue weighted by Gasteiger charge is 2.14. The molecule has 0 aliphatic heterocycles. The molecule has 0 saturated heterocycles. The van der Waals surface area contributed by atoms with Crippen molar-refractivity contribution in [3.63, 3.8) is 0 Å². The van der Waals surface area contributed by atoms with Crippen LogP contribution in [0.3, 0.4) is 0 Å². The van der Waals surface area contributed by atoms with Gasteiger partial charge in [0.15, 0.2) is 10.6 Å². The van der Waals surface area contributed by atoms with Crippen LogP contribution in [0.2, 0.25) is 0 Å². The maximum absolute atomic E-state index is 14.4. The fourth-order valence-electron chi connectivity index (χ4n) is 2.82. The van der Waals surface area contributed by atoms with E-state index in [1.807, 2.05) is 19.1 Å². The summed E-state index contributed by atoms with van der Waals surface area (Å²) in [6.07, 6.45) is 0. The first-order chi connectivity index (χ1) is 13.9. The van der Waals surface area contributed by atoms with Crippen LogP contribution in [0.5, 0.6) is 0 Å². The molecule has 1 amide bonds. The highest BCUT2D eigenvalue weighted by Crippen LogP contribution is 2.24. The third kappa shape index (κ3) is 5.32. The van der Waals surface area contributed by atoms with Crippen molar-refractivity contribution in [1.82, 2.24) is 4.57 Å². The van der Waals surface area contributed by atoms with Gasteiger partial charge in [-0.2, -0.15) is 4.99 Å². The first-order valence-electron chi connectivity index (χ1n) is 9.31. The van der Waals surface area contributed by atoms with E-state index in [0.29, 0.717) is 40.1 Å². The second-order valence-corrected chi connectivity index (χ2v) is 9.23. The molecule has 0 radical (unpaired) electrons. The van der Waals surface area contributed by atoms with Crippen LogP contribution in [-0.4, -0.2) is 28.9 Å². The van der Waals surface area contributed by atoms with Gasteiger partial charge in [-0.25, -0.2) is 8.78 Å². The number of amides is 1. The zero-order valence-electron chi connectivity index (χ0n) is 16.4. The summed E-state index contributed by atoms with van der Waals surface area (Å²) in [6, 6.07) is 9.32. The molecule has 0 unspecified atom stereocenters. The van der Waals surface area contributed by atoms with Gasteiger partial charge in [-0.1, -0.05) is 25.2 Å². The fraction of sp³-hybridized carbons (Fsp3) is 0.333. The summed E-state index contributed by atoms with van der Waals surface area (Å²) in [6.45, 7) is 7.23. The summed E-state index contributed by atoms with van der Waals surface area (Å²) < 4.78 is 35.4. The minimum atomic E-state index is -0.684. The van der Waals surface area contributed by atoms with E-state index in [2.05, 4.69) is 18.8 Å². The third-order valence-electron chi connectivity index (χ3n) is 4.03. The molecule has 0 aliphatic rings. The lowest BCUT2D eigenvalue weighted by Gasteiger charge is -2.06. The number of rotatable bonds is 7. The number of nitrogens with zero attached hydrogens (tertiary/aromatic N) is 2. The van der Waals surface area contributed by atoms with E-state index in [1.165, 1.54) is 6.07 Å². The monoisotopic (exact) mass is 436 g/mol. The molecule has 3 aromatic rings. The predicted octanol–water partition coefficient (Wildman–Crippen LogP) is 5.26. The summed E-state index contributed by atoms with van der Waals surface area (Å²) in [4.78, 5) is 18.3. The number of thioether (sulfide) groups is 1. The number of ether oxygens (including phenoxy) is 1. The summed E-state index contributed by atoms with van der Waals surface area (Å²) in [5, 5.41) is 0.444. The highest BCUT2D eigenvalue weighted by atomic mass is 32.2. The van der Waals surface area contributed by atoms with Crippen molar-refractivity contribution in [3.8, 4) is 0 Å². The molecule has 1 aromatic heterocycles. The average molecular weight is 437 g/mol. The number of benzene rings is 2. The van der Waals surface area contributed by atoms with Gasteiger partial charge in [0.05, 0.1) is 16.8 Å². The molecule has 0 bridgehead atoms. The van der Waals surface area contributed by atoms with E-state index in [9.17, 15) is 13.6 Å². The second-order valence-electron chi connectivity index (χ2n) is 6.58. The Morgan fingerprint density at radius 2 is 1.97 bits per heavy atom. The third-order valence-corrected chi connectivity index (χ3v) is 6.07. The van der Waals surface area contributed by atoms with Gasteiger partial charge in [-0.3, -0.25) is 4.79 Å². The molecule has 0 aliphatic carbocycles. The number of hydrogen-bond donors (Lipinski definition) is 0. The van der Waals surface area contributed by atoms with Crippen molar-refractivity contribution in [3.05, 3.63) is 58.4 Å². The van der Waals surface area contributed by atoms with Crippen molar-refractivity contribution >= 4 is 39.2 Å². The van der Waals surface area contributed by atoms with Crippen LogP contribution in [0.25, 0.3) is 10.2 Å². The Hall–Kier alpha value is -2.03. The topological polar surface area (TPSA) is 43.6 Å². The summed E-state index contributed by atoms with van der Waals surface area (Å²) in [7, 11) is 0. The Labute approximate surface area is 176 Å². The summed E-state index contributed by atoms with van der Waals surface area (Å²) in [5.74, 6) is -1.77. The average Bonchev–Trinajstić information content (AvgIpc) is 2.99. The van der Waals surface area contributed by atoms with Gasteiger partial charge in [0.25, 0.3) is 5.91 Å². The van der Waals surface area contributed by atoms with E-state index in [0.717, 1.165) is 22.3 Å². The molecule has 8 heteroatoms. The number of aromatic nitrogens is 1. The quantitative estimate of drug-likeness (QED) is 0.375. The predicted molar refractivity (Wildman–Crippen MR) is 114 cm³/mol. The van der Waals surface area contributed by atoms with Gasteiger partial charge >= 0.3 is 0 Å². The Balaban J connectivity index is 2.00. The maximum atomic E-state index is 14.4. The first-order valence-corrected chi connectivity index (χ1v) is 11.0. The number of halogens is 2. The van der Waals surface area contributed by atoms with Crippen molar-refractivity contribution in [2.75, 3.05) is 13.2 Å². The Morgan fingerprint density at radius 1 is 1.24 bits per heavy atom. The van der Waals surface area contributed by atoms with E-state index in [-0.39, 0.29) is 5.52 Å². The van der Waals surface area contributed by atoms with Gasteiger partial charge in [-0.15, -0.1) is 11.8 Å². The Kier molecular flexibility index (Phi) is 7.21. The largest absolute Gasteiger partial charge is 0.380 e. The minimum Gasteiger partial charge on any atom is -0.380 e. The number of thiazole rings is 1. The van der Waals surface area contributed by atoms with Crippen molar-refractivity contribution < 1.29 is 18.3 Å². The molecule has 0 N–H and O–H groups in total. The molecule has 0 atom stereocenters. The molecule has 2 aromatic carbocycles. The molecule has 0 spiro atoms. The molecule has 4 nitrogen and oxygen atoms in total. The highest BCUT2D eigenvalue weighted by molar-refractivity contribution is 7.99. The number of fused-ring (bicyclic) bond motifs is 1. The van der Waals surface area contributed by atoms with Crippen LogP contribution in [-0.2, 0) is 11.3 Å². The van der Waals surface area contributed by atoms with E-state index < -0.39 is 17.5 Å². The van der Waals surface area contributed by atoms with Gasteiger partial charge in [0.2, 0.25) is 0 Å². The summed E-state index contributed by atoms with van der Waals surface area (Å²) >= 11 is 2.79. The lowest BCUT2D eigenvalue weighted by atomic mass is 10.2. The summed E-state index contributed by atoms with van der Waals surface area (Å²) in [5.41, 5.74) is 0.671. The molecule has 1 heterocycles. The van der Waals surface area contributed by atoms with Crippen LogP contribution in [0.4, 0.5) is 8.78 Å². The van der Waals surface area contributed by atoms with Crippen molar-refractivity contribution in [2.45, 2.75) is 37.5 Å². The number of carbonyl (C=O) groups is 1. The van der Waals surface area contributed by atoms with Gasteiger partial charge in [0.1, 0.15) is 5.82 Å². The zero-order chi connectivity index (χ0) is 21.0. The Bertz CT molecular complexity index is 1070. The number of hydrogen-bond acceptors (Lipinski definition) is 4. The van der Waals surface area contributed by atoms with Crippen molar-refractivity contribution in [2.24, 2.45) is 4.99 Å². The first kappa shape index (κ1) is 21.7. The van der Waals surface area contributed by atoms with Crippen LogP contribution in [0.15, 0.2) is 46.3 Å². The zero-order valence-corrected chi connectivity index (χ0v) is 18.1.